The van der Waals surface area contributed by atoms with E-state index in [-0.39, 0.29) is 5.91 Å². The number of amides is 1. The summed E-state index contributed by atoms with van der Waals surface area (Å²) in [6, 6.07) is 14.9. The number of fused-ring (bicyclic) bond motifs is 3. The fraction of sp³-hybridized carbons (Fsp3) is 0.350. The van der Waals surface area contributed by atoms with Crippen LogP contribution in [0.5, 0.6) is 0 Å². The van der Waals surface area contributed by atoms with Crippen molar-refractivity contribution in [3.63, 3.8) is 0 Å². The molecule has 1 aliphatic rings. The van der Waals surface area contributed by atoms with Gasteiger partial charge in [-0.1, -0.05) is 37.3 Å². The number of hydrogen-bond acceptors (Lipinski definition) is 2. The summed E-state index contributed by atoms with van der Waals surface area (Å²) in [5, 5.41) is 6.58. The molecule has 1 aromatic heterocycles. The largest absolute Gasteiger partial charge is 0.351 e. The Morgan fingerprint density at radius 2 is 2.12 bits per heavy atom. The molecule has 1 aliphatic heterocycles. The van der Waals surface area contributed by atoms with Crippen LogP contribution in [0.1, 0.15) is 30.3 Å². The van der Waals surface area contributed by atoms with Crippen LogP contribution in [0.4, 0.5) is 0 Å². The topological polar surface area (TPSA) is 48.1 Å². The van der Waals surface area contributed by atoms with Gasteiger partial charge in [-0.15, -0.1) is 0 Å². The summed E-state index contributed by atoms with van der Waals surface area (Å²) in [5.74, 6) is -0.0155. The first kappa shape index (κ1) is 15.2. The zero-order chi connectivity index (χ0) is 16.5. The predicted molar refractivity (Wildman–Crippen MR) is 98.4 cm³/mol. The summed E-state index contributed by atoms with van der Waals surface area (Å²) in [6.45, 7) is 5.11. The van der Waals surface area contributed by atoms with E-state index in [9.17, 15) is 4.79 Å². The third kappa shape index (κ3) is 2.67. The lowest BCUT2D eigenvalue weighted by atomic mass is 10.1. The summed E-state index contributed by atoms with van der Waals surface area (Å²) in [6.07, 6.45) is 2.40. The lowest BCUT2D eigenvalue weighted by molar-refractivity contribution is 0.0937. The SMILES string of the molecule is CCN1CCCC1CNC(=O)c1cc2c(ccc3ccccc32)[nH]1. The molecule has 1 amide bonds. The van der Waals surface area contributed by atoms with Gasteiger partial charge in [0, 0.05) is 23.5 Å². The molecular formula is C20H23N3O. The zero-order valence-electron chi connectivity index (χ0n) is 14.0. The number of nitrogens with one attached hydrogen (secondary N) is 2. The summed E-state index contributed by atoms with van der Waals surface area (Å²) in [5.41, 5.74) is 1.65. The van der Waals surface area contributed by atoms with Gasteiger partial charge in [-0.25, -0.2) is 0 Å². The third-order valence-electron chi connectivity index (χ3n) is 5.18. The first-order chi connectivity index (χ1) is 11.8. The van der Waals surface area contributed by atoms with Crippen molar-refractivity contribution in [2.24, 2.45) is 0 Å². The molecule has 24 heavy (non-hydrogen) atoms. The molecule has 3 aromatic rings. The quantitative estimate of drug-likeness (QED) is 0.772. The fourth-order valence-corrected chi connectivity index (χ4v) is 3.86. The Bertz CT molecular complexity index is 883. The van der Waals surface area contributed by atoms with Gasteiger partial charge in [-0.3, -0.25) is 9.69 Å². The van der Waals surface area contributed by atoms with Crippen LogP contribution >= 0.6 is 0 Å². The Kier molecular flexibility index (Phi) is 3.98. The van der Waals surface area contributed by atoms with E-state index < -0.39 is 0 Å². The Hall–Kier alpha value is -2.33. The third-order valence-corrected chi connectivity index (χ3v) is 5.18. The van der Waals surface area contributed by atoms with Gasteiger partial charge in [0.2, 0.25) is 0 Å². The van der Waals surface area contributed by atoms with Crippen LogP contribution in [0.15, 0.2) is 42.5 Å². The molecule has 1 saturated heterocycles. The van der Waals surface area contributed by atoms with Crippen molar-refractivity contribution >= 4 is 27.6 Å². The number of aromatic amines is 1. The highest BCUT2D eigenvalue weighted by molar-refractivity contribution is 6.09. The van der Waals surface area contributed by atoms with Crippen LogP contribution in [0.3, 0.4) is 0 Å². The zero-order valence-corrected chi connectivity index (χ0v) is 14.0. The first-order valence-corrected chi connectivity index (χ1v) is 8.79. The molecule has 0 aliphatic carbocycles. The van der Waals surface area contributed by atoms with Crippen LogP contribution < -0.4 is 5.32 Å². The maximum absolute atomic E-state index is 12.5. The van der Waals surface area contributed by atoms with Crippen LogP contribution in [0, 0.1) is 0 Å². The fourth-order valence-electron chi connectivity index (χ4n) is 3.86. The second-order valence-electron chi connectivity index (χ2n) is 6.57. The van der Waals surface area contributed by atoms with E-state index in [1.165, 1.54) is 23.6 Å². The molecule has 0 saturated carbocycles. The van der Waals surface area contributed by atoms with Gasteiger partial charge >= 0.3 is 0 Å². The number of benzene rings is 2. The van der Waals surface area contributed by atoms with Gasteiger partial charge < -0.3 is 10.3 Å². The molecule has 124 valence electrons. The molecule has 2 heterocycles. The predicted octanol–water partition coefficient (Wildman–Crippen LogP) is 3.54. The minimum absolute atomic E-state index is 0.0155. The number of aromatic nitrogens is 1. The van der Waals surface area contributed by atoms with Crippen LogP contribution in [-0.2, 0) is 0 Å². The molecule has 4 nitrogen and oxygen atoms in total. The Balaban J connectivity index is 1.55. The number of hydrogen-bond donors (Lipinski definition) is 2. The van der Waals surface area contributed by atoms with Gasteiger partial charge in [0.15, 0.2) is 0 Å². The molecule has 4 heteroatoms. The van der Waals surface area contributed by atoms with E-state index in [1.807, 2.05) is 24.3 Å². The van der Waals surface area contributed by atoms with Crippen molar-refractivity contribution in [3.05, 3.63) is 48.2 Å². The lowest BCUT2D eigenvalue weighted by Gasteiger charge is -2.22. The van der Waals surface area contributed by atoms with E-state index in [2.05, 4.69) is 40.3 Å². The van der Waals surface area contributed by atoms with E-state index in [1.54, 1.807) is 0 Å². The van der Waals surface area contributed by atoms with E-state index in [4.69, 9.17) is 0 Å². The molecule has 0 bridgehead atoms. The Morgan fingerprint density at radius 3 is 3.00 bits per heavy atom. The number of carbonyl (C=O) groups is 1. The van der Waals surface area contributed by atoms with Crippen LogP contribution in [0.2, 0.25) is 0 Å². The summed E-state index contributed by atoms with van der Waals surface area (Å²) in [4.78, 5) is 18.2. The highest BCUT2D eigenvalue weighted by Gasteiger charge is 2.23. The number of H-pyrrole nitrogens is 1. The van der Waals surface area contributed by atoms with Crippen molar-refractivity contribution in [3.8, 4) is 0 Å². The minimum Gasteiger partial charge on any atom is -0.351 e. The molecule has 0 radical (unpaired) electrons. The summed E-state index contributed by atoms with van der Waals surface area (Å²) in [7, 11) is 0. The van der Waals surface area contributed by atoms with E-state index in [0.717, 1.165) is 30.5 Å². The Labute approximate surface area is 141 Å². The van der Waals surface area contributed by atoms with Crippen molar-refractivity contribution in [1.29, 1.82) is 0 Å². The molecule has 4 rings (SSSR count). The monoisotopic (exact) mass is 321 g/mol. The second kappa shape index (κ2) is 6.29. The first-order valence-electron chi connectivity index (χ1n) is 8.79. The summed E-state index contributed by atoms with van der Waals surface area (Å²) < 4.78 is 0. The maximum Gasteiger partial charge on any atom is 0.267 e. The minimum atomic E-state index is -0.0155. The van der Waals surface area contributed by atoms with Gasteiger partial charge in [0.05, 0.1) is 0 Å². The van der Waals surface area contributed by atoms with Gasteiger partial charge in [0.1, 0.15) is 5.69 Å². The van der Waals surface area contributed by atoms with Crippen molar-refractivity contribution in [2.75, 3.05) is 19.6 Å². The van der Waals surface area contributed by atoms with E-state index >= 15 is 0 Å². The van der Waals surface area contributed by atoms with Crippen LogP contribution in [-0.4, -0.2) is 41.5 Å². The van der Waals surface area contributed by atoms with Crippen molar-refractivity contribution < 1.29 is 4.79 Å². The van der Waals surface area contributed by atoms with Crippen molar-refractivity contribution in [1.82, 2.24) is 15.2 Å². The average Bonchev–Trinajstić information content (AvgIpc) is 3.26. The Morgan fingerprint density at radius 1 is 1.25 bits per heavy atom. The molecular weight excluding hydrogens is 298 g/mol. The highest BCUT2D eigenvalue weighted by Crippen LogP contribution is 2.26. The van der Waals surface area contributed by atoms with Gasteiger partial charge in [-0.05, 0) is 48.8 Å². The average molecular weight is 321 g/mol. The van der Waals surface area contributed by atoms with Gasteiger partial charge in [0.25, 0.3) is 5.91 Å². The second-order valence-corrected chi connectivity index (χ2v) is 6.57. The number of nitrogens with zero attached hydrogens (tertiary/aromatic N) is 1. The van der Waals surface area contributed by atoms with Crippen LogP contribution in [0.25, 0.3) is 21.7 Å². The normalized spacial score (nSPS) is 18.5. The molecule has 2 aromatic carbocycles. The van der Waals surface area contributed by atoms with Crippen molar-refractivity contribution in [2.45, 2.75) is 25.8 Å². The number of likely N-dealkylation sites (tertiary alicyclic amines) is 1. The van der Waals surface area contributed by atoms with Gasteiger partial charge in [-0.2, -0.15) is 0 Å². The standard InChI is InChI=1S/C20H23N3O/c1-2-23-11-5-7-15(23)13-21-20(24)19-12-17-16-8-4-3-6-14(16)9-10-18(17)22-19/h3-4,6,8-10,12,15,22H,2,5,7,11,13H2,1H3,(H,21,24). The number of carbonyl (C=O) groups excluding carboxylic acids is 1. The summed E-state index contributed by atoms with van der Waals surface area (Å²) >= 11 is 0. The number of rotatable bonds is 4. The highest BCUT2D eigenvalue weighted by atomic mass is 16.1. The molecule has 2 N–H and O–H groups in total. The molecule has 1 fully saturated rings. The maximum atomic E-state index is 12.5. The van der Waals surface area contributed by atoms with E-state index in [0.29, 0.717) is 11.7 Å². The smallest absolute Gasteiger partial charge is 0.267 e. The molecule has 1 unspecified atom stereocenters. The molecule has 1 atom stereocenters. The molecule has 0 spiro atoms. The lowest BCUT2D eigenvalue weighted by Crippen LogP contribution is -2.40. The number of likely N-dealkylation sites (N-methyl/N-ethyl adjacent to an activating group) is 1.